The average molecular weight is 369 g/mol. The molecule has 0 fully saturated rings. The van der Waals surface area contributed by atoms with Crippen molar-refractivity contribution in [3.05, 3.63) is 40.5 Å². The molecule has 1 aliphatic rings. The van der Waals surface area contributed by atoms with Gasteiger partial charge in [-0.1, -0.05) is 23.7 Å². The van der Waals surface area contributed by atoms with Gasteiger partial charge < -0.3 is 4.74 Å². The molecule has 2 aromatic heterocycles. The van der Waals surface area contributed by atoms with E-state index in [1.807, 2.05) is 0 Å². The predicted molar refractivity (Wildman–Crippen MR) is 84.6 cm³/mol. The molecule has 2 heterocycles. The van der Waals surface area contributed by atoms with E-state index in [1.165, 1.54) is 22.7 Å². The summed E-state index contributed by atoms with van der Waals surface area (Å²) in [5.41, 5.74) is 2.99. The van der Waals surface area contributed by atoms with Gasteiger partial charge in [0.15, 0.2) is 16.6 Å². The van der Waals surface area contributed by atoms with Crippen LogP contribution in [0.15, 0.2) is 24.3 Å². The molecular formula is C16H12ClF3N4O. The Balaban J connectivity index is 1.83. The summed E-state index contributed by atoms with van der Waals surface area (Å²) in [5, 5.41) is 13.0. The van der Waals surface area contributed by atoms with E-state index in [2.05, 4.69) is 20.0 Å². The van der Waals surface area contributed by atoms with Crippen LogP contribution in [0.1, 0.15) is 24.0 Å². The minimum Gasteiger partial charge on any atom is -0.406 e. The number of rotatable bonds is 2. The van der Waals surface area contributed by atoms with Gasteiger partial charge in [-0.25, -0.2) is 0 Å². The summed E-state index contributed by atoms with van der Waals surface area (Å²) >= 11 is 6.29. The average Bonchev–Trinajstić information content (AvgIpc) is 2.98. The van der Waals surface area contributed by atoms with Crippen LogP contribution in [0.3, 0.4) is 0 Å². The van der Waals surface area contributed by atoms with Gasteiger partial charge in [0.1, 0.15) is 5.75 Å². The fraction of sp³-hybridized carbons (Fsp3) is 0.312. The van der Waals surface area contributed by atoms with Crippen molar-refractivity contribution in [2.75, 3.05) is 0 Å². The first-order chi connectivity index (χ1) is 11.9. The second-order valence-corrected chi connectivity index (χ2v) is 6.15. The van der Waals surface area contributed by atoms with E-state index in [-0.39, 0.29) is 5.75 Å². The van der Waals surface area contributed by atoms with Crippen LogP contribution in [0.2, 0.25) is 5.15 Å². The third-order valence-corrected chi connectivity index (χ3v) is 4.44. The number of halogens is 4. The molecule has 0 unspecified atom stereocenters. The predicted octanol–water partition coefficient (Wildman–Crippen LogP) is 4.22. The Morgan fingerprint density at radius 2 is 1.84 bits per heavy atom. The fourth-order valence-electron chi connectivity index (χ4n) is 3.10. The van der Waals surface area contributed by atoms with Crippen molar-refractivity contribution >= 4 is 17.2 Å². The number of hydrogen-bond donors (Lipinski definition) is 0. The Hall–Kier alpha value is -2.35. The Morgan fingerprint density at radius 1 is 1.08 bits per heavy atom. The number of nitrogens with zero attached hydrogens (tertiary/aromatic N) is 4. The molecule has 0 amide bonds. The molecule has 25 heavy (non-hydrogen) atoms. The molecule has 130 valence electrons. The highest BCUT2D eigenvalue weighted by Crippen LogP contribution is 2.32. The zero-order valence-corrected chi connectivity index (χ0v) is 13.6. The van der Waals surface area contributed by atoms with Crippen molar-refractivity contribution in [2.45, 2.75) is 32.0 Å². The molecule has 1 aliphatic carbocycles. The lowest BCUT2D eigenvalue weighted by molar-refractivity contribution is -0.274. The van der Waals surface area contributed by atoms with Crippen molar-refractivity contribution < 1.29 is 17.9 Å². The first kappa shape index (κ1) is 16.1. The van der Waals surface area contributed by atoms with E-state index in [0.717, 1.165) is 36.8 Å². The topological polar surface area (TPSA) is 52.3 Å². The molecular weight excluding hydrogens is 357 g/mol. The monoisotopic (exact) mass is 368 g/mol. The number of aryl methyl sites for hydroxylation is 1. The quantitative estimate of drug-likeness (QED) is 0.679. The van der Waals surface area contributed by atoms with Gasteiger partial charge in [-0.15, -0.1) is 23.4 Å². The van der Waals surface area contributed by atoms with Crippen LogP contribution < -0.4 is 4.74 Å². The van der Waals surface area contributed by atoms with E-state index in [9.17, 15) is 13.2 Å². The van der Waals surface area contributed by atoms with Gasteiger partial charge in [-0.3, -0.25) is 0 Å². The third kappa shape index (κ3) is 3.02. The van der Waals surface area contributed by atoms with Crippen LogP contribution in [0, 0.1) is 0 Å². The van der Waals surface area contributed by atoms with Crippen molar-refractivity contribution in [1.29, 1.82) is 0 Å². The zero-order valence-electron chi connectivity index (χ0n) is 12.8. The summed E-state index contributed by atoms with van der Waals surface area (Å²) in [7, 11) is 0. The fourth-order valence-corrected chi connectivity index (χ4v) is 3.39. The molecule has 9 heteroatoms. The Morgan fingerprint density at radius 3 is 2.60 bits per heavy atom. The molecule has 0 spiro atoms. The lowest BCUT2D eigenvalue weighted by atomic mass is 9.94. The maximum atomic E-state index is 12.4. The highest BCUT2D eigenvalue weighted by Gasteiger charge is 2.31. The van der Waals surface area contributed by atoms with Gasteiger partial charge in [0.05, 0.1) is 0 Å². The molecule has 0 N–H and O–H groups in total. The molecule has 0 atom stereocenters. The largest absolute Gasteiger partial charge is 0.573 e. The van der Waals surface area contributed by atoms with E-state index in [4.69, 9.17) is 11.6 Å². The maximum absolute atomic E-state index is 12.4. The van der Waals surface area contributed by atoms with Crippen LogP contribution in [0.25, 0.3) is 17.0 Å². The summed E-state index contributed by atoms with van der Waals surface area (Å²) in [5.74, 6) is -0.0105. The second kappa shape index (κ2) is 5.87. The lowest BCUT2D eigenvalue weighted by Gasteiger charge is -2.16. The van der Waals surface area contributed by atoms with Gasteiger partial charge >= 0.3 is 6.36 Å². The van der Waals surface area contributed by atoms with E-state index >= 15 is 0 Å². The Bertz CT molecular complexity index is 954. The summed E-state index contributed by atoms with van der Waals surface area (Å²) in [4.78, 5) is 0. The van der Waals surface area contributed by atoms with Gasteiger partial charge in [0.25, 0.3) is 0 Å². The smallest absolute Gasteiger partial charge is 0.406 e. The number of hydrogen-bond acceptors (Lipinski definition) is 4. The van der Waals surface area contributed by atoms with Gasteiger partial charge in [0, 0.05) is 11.1 Å². The summed E-state index contributed by atoms with van der Waals surface area (Å²) < 4.78 is 42.7. The third-order valence-electron chi connectivity index (χ3n) is 4.14. The molecule has 0 saturated carbocycles. The summed E-state index contributed by atoms with van der Waals surface area (Å²) in [6, 6.07) is 5.55. The minimum absolute atomic E-state index is 0.317. The van der Waals surface area contributed by atoms with Crippen LogP contribution in [-0.2, 0) is 12.8 Å². The second-order valence-electron chi connectivity index (χ2n) is 5.79. The number of ether oxygens (including phenoxy) is 1. The number of fused-ring (bicyclic) bond motifs is 3. The molecule has 0 aliphatic heterocycles. The Kier molecular flexibility index (Phi) is 3.79. The van der Waals surface area contributed by atoms with E-state index in [0.29, 0.717) is 22.2 Å². The van der Waals surface area contributed by atoms with Crippen molar-refractivity contribution in [1.82, 2.24) is 19.8 Å². The number of benzene rings is 1. The number of alkyl halides is 3. The normalized spacial score (nSPS) is 14.6. The van der Waals surface area contributed by atoms with E-state index in [1.54, 1.807) is 6.07 Å². The molecule has 0 saturated heterocycles. The first-order valence-electron chi connectivity index (χ1n) is 7.71. The van der Waals surface area contributed by atoms with Crippen molar-refractivity contribution in [3.63, 3.8) is 0 Å². The summed E-state index contributed by atoms with van der Waals surface area (Å²) in [6.45, 7) is 0. The number of aromatic nitrogens is 4. The van der Waals surface area contributed by atoms with E-state index < -0.39 is 6.36 Å². The molecule has 5 nitrogen and oxygen atoms in total. The first-order valence-corrected chi connectivity index (χ1v) is 8.09. The zero-order chi connectivity index (χ0) is 17.6. The maximum Gasteiger partial charge on any atom is 0.573 e. The lowest BCUT2D eigenvalue weighted by Crippen LogP contribution is -2.17. The van der Waals surface area contributed by atoms with Crippen LogP contribution in [-0.4, -0.2) is 26.2 Å². The minimum atomic E-state index is -4.76. The molecule has 0 bridgehead atoms. The van der Waals surface area contributed by atoms with Crippen LogP contribution in [0.5, 0.6) is 5.75 Å². The van der Waals surface area contributed by atoms with Gasteiger partial charge in [-0.2, -0.15) is 9.61 Å². The molecule has 3 aromatic rings. The van der Waals surface area contributed by atoms with Crippen LogP contribution >= 0.6 is 11.6 Å². The Labute approximate surface area is 145 Å². The van der Waals surface area contributed by atoms with Crippen molar-refractivity contribution in [3.8, 4) is 17.1 Å². The SMILES string of the molecule is FC(F)(F)Oc1cccc(-c2nnc3c4c(c(Cl)nn23)CCCC4)c1. The molecule has 4 rings (SSSR count). The van der Waals surface area contributed by atoms with Gasteiger partial charge in [0.2, 0.25) is 0 Å². The van der Waals surface area contributed by atoms with Crippen LogP contribution in [0.4, 0.5) is 13.2 Å². The highest BCUT2D eigenvalue weighted by atomic mass is 35.5. The molecule has 0 radical (unpaired) electrons. The standard InChI is InChI=1S/C16H12ClF3N4O/c17-13-11-6-1-2-7-12(11)15-22-21-14(24(15)23-13)9-4-3-5-10(8-9)25-16(18,19)20/h3-5,8H,1-2,6-7H2. The van der Waals surface area contributed by atoms with Crippen molar-refractivity contribution in [2.24, 2.45) is 0 Å². The van der Waals surface area contributed by atoms with Gasteiger partial charge in [-0.05, 0) is 43.4 Å². The summed E-state index contributed by atoms with van der Waals surface area (Å²) in [6.07, 6.45) is -1.01. The highest BCUT2D eigenvalue weighted by molar-refractivity contribution is 6.30. The molecule has 1 aromatic carbocycles.